The zero-order valence-corrected chi connectivity index (χ0v) is 15.6. The summed E-state index contributed by atoms with van der Waals surface area (Å²) < 4.78 is 11.2. The first kappa shape index (κ1) is 18.9. The van der Waals surface area contributed by atoms with Crippen molar-refractivity contribution in [1.82, 2.24) is 0 Å². The van der Waals surface area contributed by atoms with E-state index in [-0.39, 0.29) is 17.9 Å². The molecule has 2 aromatic carbocycles. The lowest BCUT2D eigenvalue weighted by molar-refractivity contribution is -0.116. The molecule has 1 fully saturated rings. The number of anilines is 2. The third kappa shape index (κ3) is 5.08. The van der Waals surface area contributed by atoms with Crippen molar-refractivity contribution in [2.75, 3.05) is 30.5 Å². The lowest BCUT2D eigenvalue weighted by Gasteiger charge is -2.15. The van der Waals surface area contributed by atoms with Gasteiger partial charge in [-0.3, -0.25) is 9.59 Å². The van der Waals surface area contributed by atoms with Gasteiger partial charge in [0, 0.05) is 37.5 Å². The van der Waals surface area contributed by atoms with Crippen LogP contribution in [0, 0.1) is 0 Å². The van der Waals surface area contributed by atoms with E-state index in [1.54, 1.807) is 60.5 Å². The van der Waals surface area contributed by atoms with Crippen molar-refractivity contribution in [3.63, 3.8) is 0 Å². The minimum Gasteiger partial charge on any atom is -0.491 e. The van der Waals surface area contributed by atoms with Gasteiger partial charge >= 0.3 is 0 Å². The summed E-state index contributed by atoms with van der Waals surface area (Å²) in [5.74, 6) is 0.473. The summed E-state index contributed by atoms with van der Waals surface area (Å²) in [4.78, 5) is 25.3. The van der Waals surface area contributed by atoms with Gasteiger partial charge in [0.1, 0.15) is 12.4 Å². The van der Waals surface area contributed by atoms with Gasteiger partial charge in [-0.05, 0) is 61.4 Å². The molecule has 1 N–H and O–H groups in total. The minimum absolute atomic E-state index is 0.0476. The average molecular weight is 368 g/mol. The summed E-state index contributed by atoms with van der Waals surface area (Å²) in [5.41, 5.74) is 1.98. The maximum absolute atomic E-state index is 12.4. The Kier molecular flexibility index (Phi) is 6.08. The lowest BCUT2D eigenvalue weighted by atomic mass is 10.2. The van der Waals surface area contributed by atoms with E-state index in [1.165, 1.54) is 6.92 Å². The Labute approximate surface area is 159 Å². The first-order valence-electron chi connectivity index (χ1n) is 9.03. The summed E-state index contributed by atoms with van der Waals surface area (Å²) in [6.45, 7) is 2.84. The van der Waals surface area contributed by atoms with Crippen LogP contribution in [0.25, 0.3) is 0 Å². The van der Waals surface area contributed by atoms with Crippen molar-refractivity contribution in [3.05, 3.63) is 54.1 Å². The van der Waals surface area contributed by atoms with Gasteiger partial charge in [0.2, 0.25) is 5.91 Å². The third-order valence-electron chi connectivity index (χ3n) is 4.56. The number of rotatable bonds is 6. The Morgan fingerprint density at radius 2 is 1.85 bits per heavy atom. The summed E-state index contributed by atoms with van der Waals surface area (Å²) >= 11 is 0. The van der Waals surface area contributed by atoms with Gasteiger partial charge < -0.3 is 19.7 Å². The van der Waals surface area contributed by atoms with E-state index in [2.05, 4.69) is 5.32 Å². The topological polar surface area (TPSA) is 67.9 Å². The molecule has 0 radical (unpaired) electrons. The minimum atomic E-state index is -0.201. The quantitative estimate of drug-likeness (QED) is 0.848. The summed E-state index contributed by atoms with van der Waals surface area (Å²) in [6.07, 6.45) is 2.28. The second-order valence-corrected chi connectivity index (χ2v) is 6.55. The smallest absolute Gasteiger partial charge is 0.255 e. The largest absolute Gasteiger partial charge is 0.491 e. The first-order chi connectivity index (χ1) is 13.0. The van der Waals surface area contributed by atoms with Crippen molar-refractivity contribution in [2.24, 2.45) is 0 Å². The summed E-state index contributed by atoms with van der Waals surface area (Å²) in [6, 6.07) is 14.2. The molecule has 2 amide bonds. The highest BCUT2D eigenvalue weighted by molar-refractivity contribution is 6.04. The van der Waals surface area contributed by atoms with Crippen LogP contribution < -0.4 is 15.0 Å². The molecule has 0 spiro atoms. The molecule has 6 heteroatoms. The molecule has 3 rings (SSSR count). The van der Waals surface area contributed by atoms with Crippen molar-refractivity contribution in [1.29, 1.82) is 0 Å². The molecule has 2 aromatic rings. The fraction of sp³-hybridized carbons (Fsp3) is 0.333. The van der Waals surface area contributed by atoms with Gasteiger partial charge in [0.25, 0.3) is 5.91 Å². The maximum atomic E-state index is 12.4. The van der Waals surface area contributed by atoms with Crippen LogP contribution in [0.1, 0.15) is 30.1 Å². The highest BCUT2D eigenvalue weighted by atomic mass is 16.5. The molecule has 0 unspecified atom stereocenters. The number of carbonyl (C=O) groups is 2. The molecule has 0 aliphatic carbocycles. The third-order valence-corrected chi connectivity index (χ3v) is 4.56. The highest BCUT2D eigenvalue weighted by Crippen LogP contribution is 2.19. The van der Waals surface area contributed by atoms with E-state index in [9.17, 15) is 9.59 Å². The molecule has 0 bridgehead atoms. The van der Waals surface area contributed by atoms with Crippen LogP contribution in [0.2, 0.25) is 0 Å². The normalized spacial score (nSPS) is 16.0. The van der Waals surface area contributed by atoms with Gasteiger partial charge in [-0.2, -0.15) is 0 Å². The van der Waals surface area contributed by atoms with E-state index >= 15 is 0 Å². The fourth-order valence-corrected chi connectivity index (χ4v) is 2.82. The number of nitrogens with zero attached hydrogens (tertiary/aromatic N) is 1. The molecule has 1 aliphatic rings. The molecular weight excluding hydrogens is 344 g/mol. The molecule has 6 nitrogen and oxygen atoms in total. The number of hydrogen-bond donors (Lipinski definition) is 1. The predicted octanol–water partition coefficient (Wildman–Crippen LogP) is 3.48. The van der Waals surface area contributed by atoms with Crippen LogP contribution in [0.5, 0.6) is 5.75 Å². The highest BCUT2D eigenvalue weighted by Gasteiger charge is 2.16. The van der Waals surface area contributed by atoms with Crippen LogP contribution >= 0.6 is 0 Å². The lowest BCUT2D eigenvalue weighted by Crippen LogP contribution is -2.22. The van der Waals surface area contributed by atoms with Crippen LogP contribution in [0.15, 0.2) is 48.5 Å². The first-order valence-corrected chi connectivity index (χ1v) is 9.03. The van der Waals surface area contributed by atoms with Gasteiger partial charge in [-0.1, -0.05) is 0 Å². The molecule has 0 aromatic heterocycles. The monoisotopic (exact) mass is 368 g/mol. The van der Waals surface area contributed by atoms with Gasteiger partial charge in [-0.25, -0.2) is 0 Å². The van der Waals surface area contributed by atoms with Gasteiger partial charge in [-0.15, -0.1) is 0 Å². The summed E-state index contributed by atoms with van der Waals surface area (Å²) in [7, 11) is 1.71. The number of amides is 2. The SMILES string of the molecule is CC(=O)N(C)c1ccc(NC(=O)c2ccc(OC[C@H]3CCCO3)cc2)cc1. The Hall–Kier alpha value is -2.86. The molecule has 27 heavy (non-hydrogen) atoms. The number of carbonyl (C=O) groups excluding carboxylic acids is 2. The van der Waals surface area contributed by atoms with Crippen LogP contribution in [0.3, 0.4) is 0 Å². The second kappa shape index (κ2) is 8.68. The molecule has 1 heterocycles. The van der Waals surface area contributed by atoms with E-state index in [4.69, 9.17) is 9.47 Å². The van der Waals surface area contributed by atoms with Crippen molar-refractivity contribution in [3.8, 4) is 5.75 Å². The predicted molar refractivity (Wildman–Crippen MR) is 104 cm³/mol. The van der Waals surface area contributed by atoms with E-state index < -0.39 is 0 Å². The second-order valence-electron chi connectivity index (χ2n) is 6.55. The Morgan fingerprint density at radius 3 is 2.44 bits per heavy atom. The van der Waals surface area contributed by atoms with E-state index in [1.807, 2.05) is 0 Å². The number of hydrogen-bond acceptors (Lipinski definition) is 4. The van der Waals surface area contributed by atoms with E-state index in [0.717, 1.165) is 30.9 Å². The molecule has 1 atom stereocenters. The van der Waals surface area contributed by atoms with Crippen molar-refractivity contribution < 1.29 is 19.1 Å². The zero-order valence-electron chi connectivity index (χ0n) is 15.6. The molecule has 142 valence electrons. The Balaban J connectivity index is 1.55. The van der Waals surface area contributed by atoms with Crippen molar-refractivity contribution in [2.45, 2.75) is 25.9 Å². The van der Waals surface area contributed by atoms with Gasteiger partial charge in [0.15, 0.2) is 0 Å². The molecule has 1 saturated heterocycles. The fourth-order valence-electron chi connectivity index (χ4n) is 2.82. The van der Waals surface area contributed by atoms with Gasteiger partial charge in [0.05, 0.1) is 6.10 Å². The Bertz CT molecular complexity index is 781. The summed E-state index contributed by atoms with van der Waals surface area (Å²) in [5, 5.41) is 2.85. The zero-order chi connectivity index (χ0) is 19.2. The Morgan fingerprint density at radius 1 is 1.15 bits per heavy atom. The van der Waals surface area contributed by atoms with E-state index in [0.29, 0.717) is 17.9 Å². The molecule has 0 saturated carbocycles. The number of ether oxygens (including phenoxy) is 2. The standard InChI is InChI=1S/C21H24N2O4/c1-15(24)23(2)18-9-7-17(8-10-18)22-21(25)16-5-11-19(12-6-16)27-14-20-4-3-13-26-20/h5-12,20H,3-4,13-14H2,1-2H3,(H,22,25)/t20-/m1/s1. The van der Waals surface area contributed by atoms with Crippen LogP contribution in [-0.2, 0) is 9.53 Å². The van der Waals surface area contributed by atoms with Crippen molar-refractivity contribution >= 4 is 23.2 Å². The maximum Gasteiger partial charge on any atom is 0.255 e. The number of nitrogens with one attached hydrogen (secondary N) is 1. The molecular formula is C21H24N2O4. The van der Waals surface area contributed by atoms with Crippen LogP contribution in [-0.4, -0.2) is 38.2 Å². The average Bonchev–Trinajstić information content (AvgIpc) is 3.20. The molecule has 1 aliphatic heterocycles. The number of benzene rings is 2. The van der Waals surface area contributed by atoms with Crippen LogP contribution in [0.4, 0.5) is 11.4 Å².